The van der Waals surface area contributed by atoms with Gasteiger partial charge in [0, 0.05) is 32.4 Å². The molecule has 3 rings (SSSR count). The summed E-state index contributed by atoms with van der Waals surface area (Å²) in [6, 6.07) is 11.0. The van der Waals surface area contributed by atoms with Gasteiger partial charge in [-0.15, -0.1) is 0 Å². The van der Waals surface area contributed by atoms with Gasteiger partial charge >= 0.3 is 0 Å². The zero-order chi connectivity index (χ0) is 16.9. The first-order valence-electron chi connectivity index (χ1n) is 7.75. The second kappa shape index (κ2) is 7.83. The van der Waals surface area contributed by atoms with E-state index in [1.54, 1.807) is 24.4 Å². The number of aromatic nitrogens is 1. The third-order valence-corrected chi connectivity index (χ3v) is 4.57. The number of pyridine rings is 1. The van der Waals surface area contributed by atoms with Crippen LogP contribution in [0.4, 0.5) is 11.5 Å². The van der Waals surface area contributed by atoms with Gasteiger partial charge < -0.3 is 10.2 Å². The largest absolute Gasteiger partial charge is 0.354 e. The third kappa shape index (κ3) is 4.17. The second-order valence-electron chi connectivity index (χ2n) is 5.60. The lowest BCUT2D eigenvalue weighted by molar-refractivity contribution is -0.117. The highest BCUT2D eigenvalue weighted by atomic mass is 35.5. The molecule has 1 amide bonds. The Hall–Kier alpha value is -1.82. The van der Waals surface area contributed by atoms with E-state index in [0.29, 0.717) is 22.3 Å². The molecule has 7 heteroatoms. The molecule has 5 nitrogen and oxygen atoms in total. The van der Waals surface area contributed by atoms with Gasteiger partial charge in [0.1, 0.15) is 5.82 Å². The SMILES string of the molecule is O=C(CN1CCN(c2ccccn2)CC1)Nc1c(Cl)cccc1Cl. The van der Waals surface area contributed by atoms with Crippen molar-refractivity contribution in [2.75, 3.05) is 42.9 Å². The Morgan fingerprint density at radius 1 is 1.04 bits per heavy atom. The molecule has 0 saturated carbocycles. The van der Waals surface area contributed by atoms with E-state index in [9.17, 15) is 4.79 Å². The highest BCUT2D eigenvalue weighted by Gasteiger charge is 2.20. The van der Waals surface area contributed by atoms with Gasteiger partial charge in [-0.25, -0.2) is 4.98 Å². The summed E-state index contributed by atoms with van der Waals surface area (Å²) in [6.45, 7) is 3.62. The summed E-state index contributed by atoms with van der Waals surface area (Å²) >= 11 is 12.2. The van der Waals surface area contributed by atoms with Gasteiger partial charge in [0.25, 0.3) is 0 Å². The normalized spacial score (nSPS) is 15.3. The molecule has 2 aromatic rings. The van der Waals surface area contributed by atoms with Crippen LogP contribution in [0, 0.1) is 0 Å². The minimum Gasteiger partial charge on any atom is -0.354 e. The molecule has 0 radical (unpaired) electrons. The smallest absolute Gasteiger partial charge is 0.238 e. The molecule has 1 N–H and O–H groups in total. The first kappa shape index (κ1) is 17.0. The van der Waals surface area contributed by atoms with Gasteiger partial charge in [0.05, 0.1) is 22.3 Å². The first-order chi connectivity index (χ1) is 11.6. The number of carbonyl (C=O) groups is 1. The Morgan fingerprint density at radius 2 is 1.75 bits per heavy atom. The molecule has 0 unspecified atom stereocenters. The average molecular weight is 365 g/mol. The predicted molar refractivity (Wildman–Crippen MR) is 98.0 cm³/mol. The molecule has 1 saturated heterocycles. The quantitative estimate of drug-likeness (QED) is 0.905. The third-order valence-electron chi connectivity index (χ3n) is 3.94. The van der Waals surface area contributed by atoms with Crippen molar-refractivity contribution in [3.63, 3.8) is 0 Å². The molecule has 1 aliphatic rings. The van der Waals surface area contributed by atoms with E-state index >= 15 is 0 Å². The molecule has 1 aromatic carbocycles. The van der Waals surface area contributed by atoms with Crippen molar-refractivity contribution in [2.45, 2.75) is 0 Å². The molecule has 0 bridgehead atoms. The van der Waals surface area contributed by atoms with Crippen LogP contribution in [-0.4, -0.2) is 48.5 Å². The lowest BCUT2D eigenvalue weighted by Gasteiger charge is -2.34. The van der Waals surface area contributed by atoms with Gasteiger partial charge in [0.15, 0.2) is 0 Å². The topological polar surface area (TPSA) is 48.5 Å². The molecule has 0 atom stereocenters. The fourth-order valence-electron chi connectivity index (χ4n) is 2.68. The molecule has 1 aromatic heterocycles. The van der Waals surface area contributed by atoms with E-state index in [0.717, 1.165) is 32.0 Å². The number of nitrogens with one attached hydrogen (secondary N) is 1. The van der Waals surface area contributed by atoms with Crippen molar-refractivity contribution in [2.24, 2.45) is 0 Å². The Labute approximate surface area is 151 Å². The number of halogens is 2. The number of hydrogen-bond acceptors (Lipinski definition) is 4. The predicted octanol–water partition coefficient (Wildman–Crippen LogP) is 3.15. The zero-order valence-electron chi connectivity index (χ0n) is 13.1. The maximum atomic E-state index is 12.2. The number of hydrogen-bond donors (Lipinski definition) is 1. The Balaban J connectivity index is 1.52. The molecule has 24 heavy (non-hydrogen) atoms. The van der Waals surface area contributed by atoms with Gasteiger partial charge in [-0.1, -0.05) is 35.3 Å². The van der Waals surface area contributed by atoms with E-state index in [1.165, 1.54) is 0 Å². The fourth-order valence-corrected chi connectivity index (χ4v) is 3.17. The lowest BCUT2D eigenvalue weighted by atomic mass is 10.3. The molecule has 2 heterocycles. The van der Waals surface area contributed by atoms with Crippen molar-refractivity contribution in [1.82, 2.24) is 9.88 Å². The zero-order valence-corrected chi connectivity index (χ0v) is 14.6. The van der Waals surface area contributed by atoms with Crippen molar-refractivity contribution in [3.8, 4) is 0 Å². The number of rotatable bonds is 4. The summed E-state index contributed by atoms with van der Waals surface area (Å²) in [4.78, 5) is 20.9. The van der Waals surface area contributed by atoms with Gasteiger partial charge in [-0.3, -0.25) is 9.69 Å². The minimum atomic E-state index is -0.115. The molecule has 0 spiro atoms. The summed E-state index contributed by atoms with van der Waals surface area (Å²) in [5.41, 5.74) is 0.470. The van der Waals surface area contributed by atoms with Crippen LogP contribution < -0.4 is 10.2 Å². The number of anilines is 2. The highest BCUT2D eigenvalue weighted by molar-refractivity contribution is 6.39. The molecule has 1 fully saturated rings. The van der Waals surface area contributed by atoms with Crippen LogP contribution in [-0.2, 0) is 4.79 Å². The number of piperazine rings is 1. The number of amides is 1. The highest BCUT2D eigenvalue weighted by Crippen LogP contribution is 2.29. The minimum absolute atomic E-state index is 0.115. The van der Waals surface area contributed by atoms with Crippen molar-refractivity contribution < 1.29 is 4.79 Å². The van der Waals surface area contributed by atoms with E-state index in [4.69, 9.17) is 23.2 Å². The van der Waals surface area contributed by atoms with Gasteiger partial charge in [-0.2, -0.15) is 0 Å². The van der Waals surface area contributed by atoms with E-state index in [-0.39, 0.29) is 5.91 Å². The Bertz CT molecular complexity index is 683. The number of benzene rings is 1. The maximum Gasteiger partial charge on any atom is 0.238 e. The molecule has 0 aliphatic carbocycles. The number of carbonyl (C=O) groups excluding carboxylic acids is 1. The average Bonchev–Trinajstić information content (AvgIpc) is 2.60. The summed E-state index contributed by atoms with van der Waals surface area (Å²) in [5.74, 6) is 0.862. The molecular weight excluding hydrogens is 347 g/mol. The Kier molecular flexibility index (Phi) is 5.56. The lowest BCUT2D eigenvalue weighted by Crippen LogP contribution is -2.48. The monoisotopic (exact) mass is 364 g/mol. The number of para-hydroxylation sites is 1. The van der Waals surface area contributed by atoms with Crippen molar-refractivity contribution >= 4 is 40.6 Å². The van der Waals surface area contributed by atoms with Crippen LogP contribution in [0.25, 0.3) is 0 Å². The fraction of sp³-hybridized carbons (Fsp3) is 0.294. The van der Waals surface area contributed by atoms with E-state index in [1.807, 2.05) is 18.2 Å². The number of nitrogens with zero attached hydrogens (tertiary/aromatic N) is 3. The van der Waals surface area contributed by atoms with Crippen LogP contribution in [0.1, 0.15) is 0 Å². The van der Waals surface area contributed by atoms with E-state index < -0.39 is 0 Å². The maximum absolute atomic E-state index is 12.2. The van der Waals surface area contributed by atoms with Crippen LogP contribution in [0.5, 0.6) is 0 Å². The molecular formula is C17H18Cl2N4O. The standard InChI is InChI=1S/C17H18Cl2N4O/c18-13-4-3-5-14(19)17(13)21-16(24)12-22-8-10-23(11-9-22)15-6-1-2-7-20-15/h1-7H,8-12H2,(H,21,24). The van der Waals surface area contributed by atoms with Crippen molar-refractivity contribution in [1.29, 1.82) is 0 Å². The van der Waals surface area contributed by atoms with Crippen LogP contribution >= 0.6 is 23.2 Å². The van der Waals surface area contributed by atoms with Crippen LogP contribution in [0.2, 0.25) is 10.0 Å². The van der Waals surface area contributed by atoms with Crippen molar-refractivity contribution in [3.05, 3.63) is 52.6 Å². The van der Waals surface area contributed by atoms with Gasteiger partial charge in [-0.05, 0) is 24.3 Å². The molecule has 126 valence electrons. The van der Waals surface area contributed by atoms with Crippen LogP contribution in [0.3, 0.4) is 0 Å². The summed E-state index contributed by atoms with van der Waals surface area (Å²) in [7, 11) is 0. The molecule has 1 aliphatic heterocycles. The summed E-state index contributed by atoms with van der Waals surface area (Å²) < 4.78 is 0. The Morgan fingerprint density at radius 3 is 2.38 bits per heavy atom. The summed E-state index contributed by atoms with van der Waals surface area (Å²) in [5, 5.41) is 3.68. The van der Waals surface area contributed by atoms with Gasteiger partial charge in [0.2, 0.25) is 5.91 Å². The first-order valence-corrected chi connectivity index (χ1v) is 8.51. The summed E-state index contributed by atoms with van der Waals surface area (Å²) in [6.07, 6.45) is 1.79. The van der Waals surface area contributed by atoms with Crippen LogP contribution in [0.15, 0.2) is 42.6 Å². The van der Waals surface area contributed by atoms with E-state index in [2.05, 4.69) is 20.1 Å². The second-order valence-corrected chi connectivity index (χ2v) is 6.41.